The number of carbonyl (C=O) groups excluding carboxylic acids is 3. The monoisotopic (exact) mass is 452 g/mol. The zero-order valence-corrected chi connectivity index (χ0v) is 17.7. The third kappa shape index (κ3) is 4.06. The minimum Gasteiger partial charge on any atom is -0.468 e. The fourth-order valence-corrected chi connectivity index (χ4v) is 5.17. The van der Waals surface area contributed by atoms with Gasteiger partial charge in [0.2, 0.25) is 5.91 Å². The molecular weight excluding hydrogens is 432 g/mol. The molecule has 0 spiro atoms. The van der Waals surface area contributed by atoms with Crippen molar-refractivity contribution in [1.82, 2.24) is 10.2 Å². The van der Waals surface area contributed by atoms with Gasteiger partial charge in [-0.05, 0) is 36.4 Å². The number of amides is 3. The van der Waals surface area contributed by atoms with Crippen LogP contribution in [0.3, 0.4) is 0 Å². The highest BCUT2D eigenvalue weighted by Crippen LogP contribution is 2.29. The van der Waals surface area contributed by atoms with Crippen LogP contribution >= 0.6 is 0 Å². The van der Waals surface area contributed by atoms with Gasteiger partial charge in [0.15, 0.2) is 9.84 Å². The molecule has 4 rings (SSSR count). The summed E-state index contributed by atoms with van der Waals surface area (Å²) in [7, 11) is -3.83. The van der Waals surface area contributed by atoms with Gasteiger partial charge < -0.3 is 9.73 Å². The van der Waals surface area contributed by atoms with Gasteiger partial charge in [0.05, 0.1) is 22.3 Å². The molecule has 1 aromatic heterocycles. The van der Waals surface area contributed by atoms with Crippen molar-refractivity contribution in [3.8, 4) is 0 Å². The van der Waals surface area contributed by atoms with E-state index in [4.69, 9.17) is 4.42 Å². The van der Waals surface area contributed by atoms with Crippen LogP contribution in [0.15, 0.2) is 82.3 Å². The van der Waals surface area contributed by atoms with Gasteiger partial charge in [-0.25, -0.2) is 8.42 Å². The topological polar surface area (TPSA) is 114 Å². The number of rotatable bonds is 8. The molecule has 2 aromatic carbocycles. The maximum absolute atomic E-state index is 13.1. The second-order valence-electron chi connectivity index (χ2n) is 7.22. The van der Waals surface area contributed by atoms with Gasteiger partial charge in [-0.1, -0.05) is 30.3 Å². The van der Waals surface area contributed by atoms with Gasteiger partial charge >= 0.3 is 0 Å². The van der Waals surface area contributed by atoms with E-state index < -0.39 is 32.8 Å². The van der Waals surface area contributed by atoms with E-state index in [0.717, 1.165) is 4.90 Å². The maximum atomic E-state index is 13.1. The molecule has 1 aliphatic heterocycles. The molecule has 164 valence electrons. The lowest BCUT2D eigenvalue weighted by atomic mass is 10.1. The minimum atomic E-state index is -3.83. The number of sulfone groups is 1. The summed E-state index contributed by atoms with van der Waals surface area (Å²) >= 11 is 0. The van der Waals surface area contributed by atoms with Crippen molar-refractivity contribution in [2.75, 3.05) is 13.1 Å². The summed E-state index contributed by atoms with van der Waals surface area (Å²) in [4.78, 5) is 38.4. The quantitative estimate of drug-likeness (QED) is 0.526. The predicted octanol–water partition coefficient (Wildman–Crippen LogP) is 2.60. The first-order chi connectivity index (χ1) is 15.4. The van der Waals surface area contributed by atoms with Crippen molar-refractivity contribution in [1.29, 1.82) is 0 Å². The van der Waals surface area contributed by atoms with E-state index in [1.165, 1.54) is 24.5 Å². The highest BCUT2D eigenvalue weighted by Gasteiger charge is 2.35. The Kier molecular flexibility index (Phi) is 5.91. The summed E-state index contributed by atoms with van der Waals surface area (Å²) < 4.78 is 31.5. The Labute approximate surface area is 184 Å². The summed E-state index contributed by atoms with van der Waals surface area (Å²) in [6.07, 6.45) is 1.22. The summed E-state index contributed by atoms with van der Waals surface area (Å²) in [5, 5.41) is 1.47. The van der Waals surface area contributed by atoms with Crippen LogP contribution < -0.4 is 5.32 Å². The Morgan fingerprint density at radius 3 is 2.12 bits per heavy atom. The largest absolute Gasteiger partial charge is 0.468 e. The van der Waals surface area contributed by atoms with Crippen molar-refractivity contribution >= 4 is 27.6 Å². The minimum absolute atomic E-state index is 0.102. The summed E-state index contributed by atoms with van der Waals surface area (Å²) in [6, 6.07) is 17.5. The van der Waals surface area contributed by atoms with E-state index >= 15 is 0 Å². The lowest BCUT2D eigenvalue weighted by Gasteiger charge is -2.17. The molecule has 9 heteroatoms. The number of nitrogens with zero attached hydrogens (tertiary/aromatic N) is 1. The highest BCUT2D eigenvalue weighted by molar-refractivity contribution is 7.91. The van der Waals surface area contributed by atoms with Crippen LogP contribution in [0.2, 0.25) is 0 Å². The molecule has 0 radical (unpaired) electrons. The fraction of sp³-hybridized carbons (Fsp3) is 0.174. The van der Waals surface area contributed by atoms with Crippen LogP contribution in [0, 0.1) is 0 Å². The van der Waals surface area contributed by atoms with E-state index in [1.807, 2.05) is 0 Å². The number of hydrogen-bond acceptors (Lipinski definition) is 6. The second kappa shape index (κ2) is 8.80. The number of imide groups is 1. The number of hydrogen-bond donors (Lipinski definition) is 1. The van der Waals surface area contributed by atoms with E-state index in [2.05, 4.69) is 5.32 Å². The van der Waals surface area contributed by atoms with Crippen LogP contribution in [-0.4, -0.2) is 44.1 Å². The molecule has 32 heavy (non-hydrogen) atoms. The van der Waals surface area contributed by atoms with Crippen LogP contribution in [0.4, 0.5) is 0 Å². The van der Waals surface area contributed by atoms with Crippen LogP contribution in [0.1, 0.15) is 38.1 Å². The van der Waals surface area contributed by atoms with E-state index in [1.54, 1.807) is 48.5 Å². The van der Waals surface area contributed by atoms with Crippen molar-refractivity contribution in [2.24, 2.45) is 0 Å². The van der Waals surface area contributed by atoms with Crippen molar-refractivity contribution in [2.45, 2.75) is 16.6 Å². The zero-order valence-electron chi connectivity index (χ0n) is 16.9. The van der Waals surface area contributed by atoms with Gasteiger partial charge in [0.25, 0.3) is 11.8 Å². The molecule has 8 nitrogen and oxygen atoms in total. The molecular formula is C23H20N2O6S. The molecule has 0 saturated carbocycles. The normalized spacial score (nSPS) is 14.3. The van der Waals surface area contributed by atoms with E-state index in [9.17, 15) is 22.8 Å². The second-order valence-corrected chi connectivity index (χ2v) is 9.35. The molecule has 1 N–H and O–H groups in total. The van der Waals surface area contributed by atoms with E-state index in [-0.39, 0.29) is 30.2 Å². The Balaban J connectivity index is 1.42. The number of furan rings is 1. The van der Waals surface area contributed by atoms with Gasteiger partial charge in [0.1, 0.15) is 11.0 Å². The SMILES string of the molecule is O=C(CCN1C(=O)c2ccccc2C1=O)NC[C@@H](c1ccco1)S(=O)(=O)c1ccccc1. The Bertz CT molecular complexity index is 1220. The third-order valence-corrected chi connectivity index (χ3v) is 7.31. The molecule has 0 aliphatic carbocycles. The van der Waals surface area contributed by atoms with Crippen molar-refractivity contribution in [3.05, 3.63) is 89.9 Å². The molecule has 3 aromatic rings. The lowest BCUT2D eigenvalue weighted by molar-refractivity contribution is -0.121. The first kappa shape index (κ1) is 21.5. The standard InChI is InChI=1S/C23H20N2O6S/c26-21(12-13-25-22(27)17-9-4-5-10-18(17)23(25)28)24-15-20(19-11-6-14-31-19)32(29,30)16-7-2-1-3-8-16/h1-11,14,20H,12-13,15H2,(H,24,26)/t20-/m0/s1. The Morgan fingerprint density at radius 1 is 0.906 bits per heavy atom. The van der Waals surface area contributed by atoms with Gasteiger partial charge in [-0.3, -0.25) is 19.3 Å². The molecule has 2 heterocycles. The average Bonchev–Trinajstić information content (AvgIpc) is 3.41. The molecule has 0 bridgehead atoms. The fourth-order valence-electron chi connectivity index (χ4n) is 3.56. The van der Waals surface area contributed by atoms with Crippen LogP contribution in [0.25, 0.3) is 0 Å². The lowest BCUT2D eigenvalue weighted by Crippen LogP contribution is -2.36. The summed E-state index contributed by atoms with van der Waals surface area (Å²) in [5.74, 6) is -1.17. The van der Waals surface area contributed by atoms with Crippen molar-refractivity contribution < 1.29 is 27.2 Å². The van der Waals surface area contributed by atoms with Crippen molar-refractivity contribution in [3.63, 3.8) is 0 Å². The van der Waals surface area contributed by atoms with Gasteiger partial charge in [0, 0.05) is 19.5 Å². The molecule has 1 aliphatic rings. The summed E-state index contributed by atoms with van der Waals surface area (Å²) in [5.41, 5.74) is 0.620. The highest BCUT2D eigenvalue weighted by atomic mass is 32.2. The first-order valence-electron chi connectivity index (χ1n) is 9.94. The number of fused-ring (bicyclic) bond motifs is 1. The van der Waals surface area contributed by atoms with E-state index in [0.29, 0.717) is 11.1 Å². The van der Waals surface area contributed by atoms with Crippen LogP contribution in [0.5, 0.6) is 0 Å². The van der Waals surface area contributed by atoms with Gasteiger partial charge in [-0.15, -0.1) is 0 Å². The third-order valence-electron chi connectivity index (χ3n) is 5.23. The summed E-state index contributed by atoms with van der Waals surface area (Å²) in [6.45, 7) is -0.319. The Hall–Kier alpha value is -3.72. The number of nitrogens with one attached hydrogen (secondary N) is 1. The number of carbonyl (C=O) groups is 3. The molecule has 1 atom stereocenters. The number of benzene rings is 2. The Morgan fingerprint density at radius 2 is 1.53 bits per heavy atom. The smallest absolute Gasteiger partial charge is 0.261 e. The zero-order chi connectivity index (χ0) is 22.7. The first-order valence-corrected chi connectivity index (χ1v) is 11.5. The molecule has 0 saturated heterocycles. The van der Waals surface area contributed by atoms with Gasteiger partial charge in [-0.2, -0.15) is 0 Å². The maximum Gasteiger partial charge on any atom is 0.261 e. The molecule has 3 amide bonds. The van der Waals surface area contributed by atoms with Crippen LogP contribution in [-0.2, 0) is 14.6 Å². The molecule has 0 unspecified atom stereocenters. The predicted molar refractivity (Wildman–Crippen MR) is 115 cm³/mol. The molecule has 0 fully saturated rings. The average molecular weight is 452 g/mol.